The summed E-state index contributed by atoms with van der Waals surface area (Å²) in [6.45, 7) is 6.97. The van der Waals surface area contributed by atoms with Crippen molar-refractivity contribution in [3.05, 3.63) is 29.3 Å². The van der Waals surface area contributed by atoms with E-state index in [0.717, 1.165) is 24.2 Å². The molecule has 0 aliphatic rings. The van der Waals surface area contributed by atoms with Crippen molar-refractivity contribution in [2.24, 2.45) is 11.8 Å². The topological polar surface area (TPSA) is 58.6 Å². The molecule has 0 aromatic heterocycles. The molecule has 4 heteroatoms. The van der Waals surface area contributed by atoms with Crippen molar-refractivity contribution >= 4 is 5.91 Å². The minimum atomic E-state index is -0.0677. The molecule has 0 bridgehead atoms. The molecule has 0 fully saturated rings. The van der Waals surface area contributed by atoms with Gasteiger partial charge in [0.15, 0.2) is 0 Å². The average Bonchev–Trinajstić information content (AvgIpc) is 2.44. The van der Waals surface area contributed by atoms with Crippen molar-refractivity contribution in [3.63, 3.8) is 0 Å². The lowest BCUT2D eigenvalue weighted by atomic mass is 9.94. The molecule has 0 radical (unpaired) electrons. The second-order valence-corrected chi connectivity index (χ2v) is 5.90. The second-order valence-electron chi connectivity index (χ2n) is 5.90. The SMILES string of the molecule is COc1ccc(C(=O)NCC(CCO)CC(C)C)c(C)c1. The minimum Gasteiger partial charge on any atom is -0.497 e. The number of nitrogens with one attached hydrogen (secondary N) is 1. The maximum Gasteiger partial charge on any atom is 0.251 e. The van der Waals surface area contributed by atoms with Crippen LogP contribution in [0.3, 0.4) is 0 Å². The Balaban J connectivity index is 2.63. The van der Waals surface area contributed by atoms with Gasteiger partial charge in [-0.2, -0.15) is 0 Å². The fourth-order valence-corrected chi connectivity index (χ4v) is 2.50. The third kappa shape index (κ3) is 5.76. The van der Waals surface area contributed by atoms with Gasteiger partial charge >= 0.3 is 0 Å². The van der Waals surface area contributed by atoms with Crippen LogP contribution in [0.25, 0.3) is 0 Å². The maximum atomic E-state index is 12.2. The predicted octanol–water partition coefficient (Wildman–Crippen LogP) is 2.78. The van der Waals surface area contributed by atoms with Crippen molar-refractivity contribution in [3.8, 4) is 5.75 Å². The number of rotatable bonds is 8. The van der Waals surface area contributed by atoms with E-state index in [4.69, 9.17) is 9.84 Å². The lowest BCUT2D eigenvalue weighted by Crippen LogP contribution is -2.30. The van der Waals surface area contributed by atoms with E-state index in [1.807, 2.05) is 13.0 Å². The summed E-state index contributed by atoms with van der Waals surface area (Å²) in [6.07, 6.45) is 1.72. The molecular formula is C17H27NO3. The summed E-state index contributed by atoms with van der Waals surface area (Å²) < 4.78 is 5.14. The Morgan fingerprint density at radius 2 is 2.10 bits per heavy atom. The van der Waals surface area contributed by atoms with Crippen LogP contribution < -0.4 is 10.1 Å². The van der Waals surface area contributed by atoms with Gasteiger partial charge in [0.05, 0.1) is 7.11 Å². The Kier molecular flexibility index (Phi) is 7.23. The number of amides is 1. The van der Waals surface area contributed by atoms with Crippen molar-refractivity contribution in [2.75, 3.05) is 20.3 Å². The fourth-order valence-electron chi connectivity index (χ4n) is 2.50. The van der Waals surface area contributed by atoms with E-state index in [1.54, 1.807) is 19.2 Å². The van der Waals surface area contributed by atoms with Gasteiger partial charge in [-0.3, -0.25) is 4.79 Å². The number of aryl methyl sites for hydroxylation is 1. The molecule has 1 unspecified atom stereocenters. The number of aliphatic hydroxyl groups excluding tert-OH is 1. The number of carbonyl (C=O) groups is 1. The van der Waals surface area contributed by atoms with Gasteiger partial charge in [0.25, 0.3) is 5.91 Å². The number of methoxy groups -OCH3 is 1. The van der Waals surface area contributed by atoms with Crippen molar-refractivity contribution in [1.29, 1.82) is 0 Å². The van der Waals surface area contributed by atoms with Crippen LogP contribution >= 0.6 is 0 Å². The molecule has 1 aromatic carbocycles. The minimum absolute atomic E-state index is 0.0677. The van der Waals surface area contributed by atoms with Gasteiger partial charge in [0.1, 0.15) is 5.75 Å². The van der Waals surface area contributed by atoms with Crippen molar-refractivity contribution in [2.45, 2.75) is 33.6 Å². The van der Waals surface area contributed by atoms with Crippen molar-refractivity contribution < 1.29 is 14.6 Å². The highest BCUT2D eigenvalue weighted by atomic mass is 16.5. The third-order valence-electron chi connectivity index (χ3n) is 3.57. The Morgan fingerprint density at radius 1 is 1.38 bits per heavy atom. The molecule has 0 saturated heterocycles. The number of hydrogen-bond donors (Lipinski definition) is 2. The van der Waals surface area contributed by atoms with Crippen LogP contribution in [0.1, 0.15) is 42.6 Å². The van der Waals surface area contributed by atoms with E-state index in [-0.39, 0.29) is 12.5 Å². The lowest BCUT2D eigenvalue weighted by Gasteiger charge is -2.19. The molecule has 0 heterocycles. The van der Waals surface area contributed by atoms with Gasteiger partial charge in [-0.05, 0) is 55.4 Å². The highest BCUT2D eigenvalue weighted by molar-refractivity contribution is 5.95. The van der Waals surface area contributed by atoms with Crippen LogP contribution in [0.15, 0.2) is 18.2 Å². The molecule has 0 spiro atoms. The smallest absolute Gasteiger partial charge is 0.251 e. The van der Waals surface area contributed by atoms with Gasteiger partial charge < -0.3 is 15.2 Å². The van der Waals surface area contributed by atoms with Gasteiger partial charge in [0, 0.05) is 18.7 Å². The van der Waals surface area contributed by atoms with E-state index < -0.39 is 0 Å². The summed E-state index contributed by atoms with van der Waals surface area (Å²) in [4.78, 5) is 12.2. The summed E-state index contributed by atoms with van der Waals surface area (Å²) in [7, 11) is 1.61. The summed E-state index contributed by atoms with van der Waals surface area (Å²) in [5, 5.41) is 12.1. The molecule has 0 aliphatic carbocycles. The Bertz CT molecular complexity index is 457. The molecule has 0 saturated carbocycles. The van der Waals surface area contributed by atoms with Crippen LogP contribution in [0.5, 0.6) is 5.75 Å². The average molecular weight is 293 g/mol. The van der Waals surface area contributed by atoms with E-state index in [9.17, 15) is 4.79 Å². The third-order valence-corrected chi connectivity index (χ3v) is 3.57. The lowest BCUT2D eigenvalue weighted by molar-refractivity contribution is 0.0940. The molecule has 4 nitrogen and oxygen atoms in total. The Labute approximate surface area is 127 Å². The largest absolute Gasteiger partial charge is 0.497 e. The zero-order valence-corrected chi connectivity index (χ0v) is 13.5. The molecule has 0 aliphatic heterocycles. The van der Waals surface area contributed by atoms with E-state index in [2.05, 4.69) is 19.2 Å². The first-order chi connectivity index (χ1) is 9.97. The number of carbonyl (C=O) groups excluding carboxylic acids is 1. The maximum absolute atomic E-state index is 12.2. The molecule has 2 N–H and O–H groups in total. The highest BCUT2D eigenvalue weighted by Crippen LogP contribution is 2.18. The van der Waals surface area contributed by atoms with Gasteiger partial charge in [-0.1, -0.05) is 13.8 Å². The van der Waals surface area contributed by atoms with Crippen LogP contribution in [0.4, 0.5) is 0 Å². The van der Waals surface area contributed by atoms with E-state index in [0.29, 0.717) is 23.9 Å². The quantitative estimate of drug-likeness (QED) is 0.775. The molecule has 1 amide bonds. The summed E-state index contributed by atoms with van der Waals surface area (Å²) in [6, 6.07) is 5.43. The number of hydrogen-bond acceptors (Lipinski definition) is 3. The van der Waals surface area contributed by atoms with E-state index >= 15 is 0 Å². The second kappa shape index (κ2) is 8.67. The number of ether oxygens (including phenoxy) is 1. The number of benzene rings is 1. The van der Waals surface area contributed by atoms with Crippen molar-refractivity contribution in [1.82, 2.24) is 5.32 Å². The molecule has 21 heavy (non-hydrogen) atoms. The first-order valence-electron chi connectivity index (χ1n) is 7.51. The summed E-state index contributed by atoms with van der Waals surface area (Å²) in [5.41, 5.74) is 1.57. The zero-order chi connectivity index (χ0) is 15.8. The zero-order valence-electron chi connectivity index (χ0n) is 13.5. The van der Waals surface area contributed by atoms with Crippen LogP contribution in [0, 0.1) is 18.8 Å². The van der Waals surface area contributed by atoms with Crippen LogP contribution in [0.2, 0.25) is 0 Å². The number of aliphatic hydroxyl groups is 1. The van der Waals surface area contributed by atoms with Crippen LogP contribution in [-0.4, -0.2) is 31.3 Å². The Hall–Kier alpha value is -1.55. The summed E-state index contributed by atoms with van der Waals surface area (Å²) in [5.74, 6) is 1.56. The molecule has 1 rings (SSSR count). The molecule has 1 aromatic rings. The Morgan fingerprint density at radius 3 is 2.62 bits per heavy atom. The molecule has 1 atom stereocenters. The van der Waals surface area contributed by atoms with Gasteiger partial charge in [0.2, 0.25) is 0 Å². The summed E-state index contributed by atoms with van der Waals surface area (Å²) >= 11 is 0. The fraction of sp³-hybridized carbons (Fsp3) is 0.588. The standard InChI is InChI=1S/C17H27NO3/c1-12(2)9-14(7-8-19)11-18-17(20)16-6-5-15(21-4)10-13(16)3/h5-6,10,12,14,19H,7-9,11H2,1-4H3,(H,18,20). The normalized spacial score (nSPS) is 12.3. The van der Waals surface area contributed by atoms with E-state index in [1.165, 1.54) is 0 Å². The van der Waals surface area contributed by atoms with Crippen LogP contribution in [-0.2, 0) is 0 Å². The predicted molar refractivity (Wildman–Crippen MR) is 84.7 cm³/mol. The first-order valence-corrected chi connectivity index (χ1v) is 7.51. The molecule has 118 valence electrons. The van der Waals surface area contributed by atoms with Gasteiger partial charge in [-0.25, -0.2) is 0 Å². The molecular weight excluding hydrogens is 266 g/mol. The monoisotopic (exact) mass is 293 g/mol. The first kappa shape index (κ1) is 17.5. The highest BCUT2D eigenvalue weighted by Gasteiger charge is 2.14. The van der Waals surface area contributed by atoms with Gasteiger partial charge in [-0.15, -0.1) is 0 Å².